The summed E-state index contributed by atoms with van der Waals surface area (Å²) in [6, 6.07) is 2.37. The molecule has 1 aromatic rings. The second kappa shape index (κ2) is 7.63. The van der Waals surface area contributed by atoms with Crippen molar-refractivity contribution >= 4 is 11.8 Å². The fourth-order valence-electron chi connectivity index (χ4n) is 1.96. The van der Waals surface area contributed by atoms with E-state index in [4.69, 9.17) is 15.6 Å². The van der Waals surface area contributed by atoms with E-state index in [1.54, 1.807) is 4.90 Å². The van der Waals surface area contributed by atoms with Crippen LogP contribution in [0, 0.1) is 0 Å². The number of phenols is 1. The smallest absolute Gasteiger partial charge is 0.416 e. The van der Waals surface area contributed by atoms with Gasteiger partial charge in [-0.25, -0.2) is 4.79 Å². The largest absolute Gasteiger partial charge is 0.506 e. The number of rotatable bonds is 0. The zero-order valence-electron chi connectivity index (χ0n) is 14.0. The molecule has 0 radical (unpaired) electrons. The van der Waals surface area contributed by atoms with E-state index in [9.17, 15) is 18.0 Å². The van der Waals surface area contributed by atoms with Gasteiger partial charge in [0.2, 0.25) is 0 Å². The van der Waals surface area contributed by atoms with Gasteiger partial charge in [0.15, 0.2) is 0 Å². The van der Waals surface area contributed by atoms with Crippen LogP contribution in [0.15, 0.2) is 18.2 Å². The molecular formula is C16H23F3N2O3. The van der Waals surface area contributed by atoms with Crippen molar-refractivity contribution in [2.24, 2.45) is 0 Å². The highest BCUT2D eigenvalue weighted by Gasteiger charge is 2.30. The Balaban J connectivity index is 0.000000240. The number of amides is 1. The highest BCUT2D eigenvalue weighted by atomic mass is 19.4. The number of phenolic OH excluding ortho intramolecular Hbond substituents is 1. The van der Waals surface area contributed by atoms with E-state index in [1.807, 2.05) is 20.8 Å². The van der Waals surface area contributed by atoms with Crippen molar-refractivity contribution in [1.82, 2.24) is 4.90 Å². The number of carbonyl (C=O) groups excluding carboxylic acids is 1. The first-order valence-corrected chi connectivity index (χ1v) is 7.54. The number of nitrogen functional groups attached to an aromatic ring is 1. The topological polar surface area (TPSA) is 75.8 Å². The molecule has 8 heteroatoms. The number of nitrogens with zero attached hydrogens (tertiary/aromatic N) is 1. The third kappa shape index (κ3) is 6.55. The van der Waals surface area contributed by atoms with Crippen LogP contribution in [-0.2, 0) is 10.9 Å². The molecule has 0 bridgehead atoms. The fourth-order valence-corrected chi connectivity index (χ4v) is 1.96. The molecular weight excluding hydrogens is 325 g/mol. The van der Waals surface area contributed by atoms with E-state index < -0.39 is 11.7 Å². The monoisotopic (exact) mass is 348 g/mol. The molecule has 1 fully saturated rings. The quantitative estimate of drug-likeness (QED) is 0.549. The van der Waals surface area contributed by atoms with Crippen molar-refractivity contribution < 1.29 is 27.8 Å². The number of nitrogens with two attached hydrogens (primary N) is 1. The zero-order valence-corrected chi connectivity index (χ0v) is 14.0. The summed E-state index contributed by atoms with van der Waals surface area (Å²) < 4.78 is 41.1. The molecule has 1 heterocycles. The van der Waals surface area contributed by atoms with Gasteiger partial charge < -0.3 is 20.5 Å². The maximum Gasteiger partial charge on any atom is 0.416 e. The predicted molar refractivity (Wildman–Crippen MR) is 84.6 cm³/mol. The lowest BCUT2D eigenvalue weighted by atomic mass is 10.2. The van der Waals surface area contributed by atoms with E-state index in [0.29, 0.717) is 6.07 Å². The van der Waals surface area contributed by atoms with Crippen molar-refractivity contribution in [3.63, 3.8) is 0 Å². The molecule has 1 aromatic carbocycles. The second-order valence-corrected chi connectivity index (χ2v) is 6.45. The van der Waals surface area contributed by atoms with E-state index in [0.717, 1.165) is 38.1 Å². The van der Waals surface area contributed by atoms with Gasteiger partial charge in [0.1, 0.15) is 11.4 Å². The molecule has 0 saturated carbocycles. The highest BCUT2D eigenvalue weighted by molar-refractivity contribution is 5.68. The number of benzene rings is 1. The summed E-state index contributed by atoms with van der Waals surface area (Å²) in [6.45, 7) is 7.38. The summed E-state index contributed by atoms with van der Waals surface area (Å²) in [5.41, 5.74) is 3.57. The third-order valence-corrected chi connectivity index (χ3v) is 3.11. The van der Waals surface area contributed by atoms with E-state index in [2.05, 4.69) is 0 Å². The first-order chi connectivity index (χ1) is 10.9. The van der Waals surface area contributed by atoms with Crippen molar-refractivity contribution in [2.45, 2.75) is 45.4 Å². The second-order valence-electron chi connectivity index (χ2n) is 6.45. The lowest BCUT2D eigenvalue weighted by Gasteiger charge is -2.23. The van der Waals surface area contributed by atoms with Crippen LogP contribution in [0.25, 0.3) is 0 Å². The van der Waals surface area contributed by atoms with Crippen molar-refractivity contribution in [3.8, 4) is 5.75 Å². The number of alkyl halides is 3. The average molecular weight is 348 g/mol. The van der Waals surface area contributed by atoms with Crippen LogP contribution in [0.4, 0.5) is 23.7 Å². The number of anilines is 1. The Kier molecular flexibility index (Phi) is 6.34. The van der Waals surface area contributed by atoms with Gasteiger partial charge in [0.05, 0.1) is 11.3 Å². The van der Waals surface area contributed by atoms with Gasteiger partial charge in [-0.05, 0) is 51.8 Å². The lowest BCUT2D eigenvalue weighted by molar-refractivity contribution is -0.137. The molecule has 136 valence electrons. The van der Waals surface area contributed by atoms with Gasteiger partial charge in [0.25, 0.3) is 0 Å². The number of carbonyl (C=O) groups is 1. The summed E-state index contributed by atoms with van der Waals surface area (Å²) in [7, 11) is 0. The lowest BCUT2D eigenvalue weighted by Crippen LogP contribution is -2.34. The molecule has 0 spiro atoms. The average Bonchev–Trinajstić information content (AvgIpc) is 2.93. The van der Waals surface area contributed by atoms with Gasteiger partial charge in [-0.15, -0.1) is 0 Å². The van der Waals surface area contributed by atoms with Gasteiger partial charge in [-0.1, -0.05) is 0 Å². The number of aromatic hydroxyl groups is 1. The van der Waals surface area contributed by atoms with Crippen LogP contribution in [-0.4, -0.2) is 34.8 Å². The van der Waals surface area contributed by atoms with Gasteiger partial charge in [-0.2, -0.15) is 13.2 Å². The van der Waals surface area contributed by atoms with Crippen molar-refractivity contribution in [1.29, 1.82) is 0 Å². The fraction of sp³-hybridized carbons (Fsp3) is 0.562. The van der Waals surface area contributed by atoms with Crippen LogP contribution in [0.3, 0.4) is 0 Å². The molecule has 0 aromatic heterocycles. The normalized spacial score (nSPS) is 14.8. The summed E-state index contributed by atoms with van der Waals surface area (Å²) in [6.07, 6.45) is -2.36. The molecule has 2 rings (SSSR count). The zero-order chi connectivity index (χ0) is 18.5. The standard InChI is InChI=1S/C9H17NO2.C7H6F3NO/c1-9(2,3)12-8(11)10-6-4-5-7-10;8-7(9,10)4-1-2-6(12)5(11)3-4/h4-7H2,1-3H3;1-3,12H,11H2. The van der Waals surface area contributed by atoms with Gasteiger partial charge in [-0.3, -0.25) is 0 Å². The number of hydrogen-bond donors (Lipinski definition) is 2. The van der Waals surface area contributed by atoms with E-state index in [-0.39, 0.29) is 23.1 Å². The molecule has 5 nitrogen and oxygen atoms in total. The Morgan fingerprint density at radius 2 is 1.75 bits per heavy atom. The maximum absolute atomic E-state index is 12.0. The molecule has 3 N–H and O–H groups in total. The Morgan fingerprint density at radius 1 is 1.21 bits per heavy atom. The van der Waals surface area contributed by atoms with Gasteiger partial charge >= 0.3 is 12.3 Å². The van der Waals surface area contributed by atoms with E-state index in [1.165, 1.54) is 0 Å². The minimum absolute atomic E-state index is 0.167. The number of halogens is 3. The molecule has 1 aliphatic heterocycles. The third-order valence-electron chi connectivity index (χ3n) is 3.11. The molecule has 1 saturated heterocycles. The maximum atomic E-state index is 12.0. The van der Waals surface area contributed by atoms with Crippen molar-refractivity contribution in [2.75, 3.05) is 18.8 Å². The number of ether oxygens (including phenoxy) is 1. The van der Waals surface area contributed by atoms with Gasteiger partial charge in [0, 0.05) is 13.1 Å². The van der Waals surface area contributed by atoms with Crippen LogP contribution < -0.4 is 5.73 Å². The SMILES string of the molecule is CC(C)(C)OC(=O)N1CCCC1.Nc1cc(C(F)(F)F)ccc1O. The van der Waals surface area contributed by atoms with Crippen molar-refractivity contribution in [3.05, 3.63) is 23.8 Å². The number of hydrogen-bond acceptors (Lipinski definition) is 4. The molecule has 0 unspecified atom stereocenters. The number of likely N-dealkylation sites (tertiary alicyclic amines) is 1. The summed E-state index contributed by atoms with van der Waals surface area (Å²) in [4.78, 5) is 13.1. The van der Waals surface area contributed by atoms with Crippen LogP contribution in [0.2, 0.25) is 0 Å². The Morgan fingerprint density at radius 3 is 2.17 bits per heavy atom. The van der Waals surface area contributed by atoms with E-state index >= 15 is 0 Å². The highest BCUT2D eigenvalue weighted by Crippen LogP contribution is 2.32. The molecule has 0 aliphatic carbocycles. The minimum atomic E-state index is -4.41. The first kappa shape index (κ1) is 19.9. The Bertz CT molecular complexity index is 563. The summed E-state index contributed by atoms with van der Waals surface area (Å²) >= 11 is 0. The Hall–Kier alpha value is -2.12. The molecule has 24 heavy (non-hydrogen) atoms. The molecule has 1 amide bonds. The molecule has 0 atom stereocenters. The van der Waals surface area contributed by atoms with Crippen LogP contribution in [0.5, 0.6) is 5.75 Å². The first-order valence-electron chi connectivity index (χ1n) is 7.54. The molecule has 1 aliphatic rings. The minimum Gasteiger partial charge on any atom is -0.506 e. The summed E-state index contributed by atoms with van der Waals surface area (Å²) in [5.74, 6) is -0.344. The summed E-state index contributed by atoms with van der Waals surface area (Å²) in [5, 5.41) is 8.82. The predicted octanol–water partition coefficient (Wildman–Crippen LogP) is 4.01. The van der Waals surface area contributed by atoms with Crippen LogP contribution >= 0.6 is 0 Å². The van der Waals surface area contributed by atoms with Crippen LogP contribution in [0.1, 0.15) is 39.2 Å². The Labute approximate surface area is 139 Å².